The molecule has 2 amide bonds. The first-order valence-electron chi connectivity index (χ1n) is 8.15. The molecule has 2 aromatic carbocycles. The molecule has 1 fully saturated rings. The van der Waals surface area contributed by atoms with Crippen molar-refractivity contribution in [1.29, 1.82) is 0 Å². The quantitative estimate of drug-likeness (QED) is 0.910. The average molecular weight is 361 g/mol. The zero-order chi connectivity index (χ0) is 17.8. The van der Waals surface area contributed by atoms with Crippen LogP contribution in [0.3, 0.4) is 0 Å². The summed E-state index contributed by atoms with van der Waals surface area (Å²) in [5.74, 6) is -0.830. The van der Waals surface area contributed by atoms with E-state index in [0.717, 1.165) is 0 Å². The number of halogens is 2. The van der Waals surface area contributed by atoms with Crippen LogP contribution in [-0.4, -0.2) is 35.8 Å². The summed E-state index contributed by atoms with van der Waals surface area (Å²) >= 11 is 6.08. The van der Waals surface area contributed by atoms with E-state index in [4.69, 9.17) is 11.6 Å². The molecule has 0 unspecified atom stereocenters. The van der Waals surface area contributed by atoms with Crippen molar-refractivity contribution < 1.29 is 14.0 Å². The molecule has 130 valence electrons. The van der Waals surface area contributed by atoms with Gasteiger partial charge in [0.2, 0.25) is 0 Å². The van der Waals surface area contributed by atoms with Crippen molar-refractivity contribution in [3.05, 3.63) is 70.5 Å². The highest BCUT2D eigenvalue weighted by Gasteiger charge is 2.25. The number of carbonyl (C=O) groups excluding carboxylic acids is 2. The van der Waals surface area contributed by atoms with E-state index < -0.39 is 5.82 Å². The van der Waals surface area contributed by atoms with Crippen LogP contribution < -0.4 is 5.32 Å². The van der Waals surface area contributed by atoms with Gasteiger partial charge in [0.15, 0.2) is 0 Å². The monoisotopic (exact) mass is 360 g/mol. The second kappa shape index (κ2) is 7.66. The van der Waals surface area contributed by atoms with E-state index in [2.05, 4.69) is 5.32 Å². The lowest BCUT2D eigenvalue weighted by atomic mass is 10.0. The van der Waals surface area contributed by atoms with Crippen molar-refractivity contribution in [2.75, 3.05) is 13.1 Å². The smallest absolute Gasteiger partial charge is 0.255 e. The van der Waals surface area contributed by atoms with Crippen molar-refractivity contribution in [2.24, 2.45) is 0 Å². The summed E-state index contributed by atoms with van der Waals surface area (Å²) in [6, 6.07) is 12.5. The van der Waals surface area contributed by atoms with Gasteiger partial charge in [-0.1, -0.05) is 29.8 Å². The van der Waals surface area contributed by atoms with E-state index in [1.165, 1.54) is 18.2 Å². The lowest BCUT2D eigenvalue weighted by molar-refractivity contribution is 0.0698. The predicted molar refractivity (Wildman–Crippen MR) is 94.2 cm³/mol. The minimum absolute atomic E-state index is 0.0361. The Kier molecular flexibility index (Phi) is 5.34. The molecule has 2 aromatic rings. The summed E-state index contributed by atoms with van der Waals surface area (Å²) in [6.07, 6.45) is 1.30. The van der Waals surface area contributed by atoms with Crippen LogP contribution in [0.5, 0.6) is 0 Å². The van der Waals surface area contributed by atoms with E-state index in [9.17, 15) is 14.0 Å². The summed E-state index contributed by atoms with van der Waals surface area (Å²) in [6.45, 7) is 1.08. The molecule has 0 bridgehead atoms. The normalized spacial score (nSPS) is 15.0. The minimum Gasteiger partial charge on any atom is -0.349 e. The summed E-state index contributed by atoms with van der Waals surface area (Å²) in [4.78, 5) is 26.4. The van der Waals surface area contributed by atoms with E-state index in [1.54, 1.807) is 35.2 Å². The Balaban J connectivity index is 1.56. The zero-order valence-corrected chi connectivity index (χ0v) is 14.3. The van der Waals surface area contributed by atoms with E-state index >= 15 is 0 Å². The zero-order valence-electron chi connectivity index (χ0n) is 13.5. The maximum absolute atomic E-state index is 13.2. The number of nitrogens with one attached hydrogen (secondary N) is 1. The molecule has 1 saturated heterocycles. The highest BCUT2D eigenvalue weighted by molar-refractivity contribution is 6.33. The number of benzene rings is 2. The molecule has 0 aromatic heterocycles. The summed E-state index contributed by atoms with van der Waals surface area (Å²) in [7, 11) is 0. The lowest BCUT2D eigenvalue weighted by Crippen LogP contribution is -2.46. The third kappa shape index (κ3) is 4.17. The number of nitrogens with zero attached hydrogens (tertiary/aromatic N) is 1. The Morgan fingerprint density at radius 3 is 2.48 bits per heavy atom. The fraction of sp³-hybridized carbons (Fsp3) is 0.263. The Labute approximate surface area is 150 Å². The predicted octanol–water partition coefficient (Wildman–Crippen LogP) is 3.51. The molecule has 0 spiro atoms. The molecule has 25 heavy (non-hydrogen) atoms. The molecule has 4 nitrogen and oxygen atoms in total. The van der Waals surface area contributed by atoms with Crippen LogP contribution in [0.1, 0.15) is 33.6 Å². The SMILES string of the molecule is O=C(NC1CCN(C(=O)c2ccccc2Cl)CC1)c1cccc(F)c1. The summed E-state index contributed by atoms with van der Waals surface area (Å²) < 4.78 is 13.2. The second-order valence-corrected chi connectivity index (χ2v) is 6.44. The summed E-state index contributed by atoms with van der Waals surface area (Å²) in [5.41, 5.74) is 0.793. The van der Waals surface area contributed by atoms with Gasteiger partial charge in [0, 0.05) is 24.7 Å². The lowest BCUT2D eigenvalue weighted by Gasteiger charge is -2.32. The van der Waals surface area contributed by atoms with Crippen molar-refractivity contribution >= 4 is 23.4 Å². The van der Waals surface area contributed by atoms with Crippen LogP contribution in [0.2, 0.25) is 5.02 Å². The molecule has 0 atom stereocenters. The molecule has 1 aliphatic rings. The maximum Gasteiger partial charge on any atom is 0.255 e. The van der Waals surface area contributed by atoms with Crippen LogP contribution in [0.4, 0.5) is 4.39 Å². The Hall–Kier alpha value is -2.40. The van der Waals surface area contributed by atoms with Gasteiger partial charge in [0.25, 0.3) is 11.8 Å². The Morgan fingerprint density at radius 2 is 1.80 bits per heavy atom. The molecule has 1 aliphatic heterocycles. The number of carbonyl (C=O) groups is 2. The molecule has 3 rings (SSSR count). The molecule has 0 radical (unpaired) electrons. The number of amides is 2. The Bertz CT molecular complexity index is 788. The first kappa shape index (κ1) is 17.4. The van der Waals surface area contributed by atoms with Crippen LogP contribution in [0.25, 0.3) is 0 Å². The number of likely N-dealkylation sites (tertiary alicyclic amines) is 1. The van der Waals surface area contributed by atoms with Crippen LogP contribution in [0, 0.1) is 5.82 Å². The number of rotatable bonds is 3. The van der Waals surface area contributed by atoms with Crippen LogP contribution in [0.15, 0.2) is 48.5 Å². The standard InChI is InChI=1S/C19H18ClFN2O2/c20-17-7-2-1-6-16(17)19(25)23-10-8-15(9-11-23)22-18(24)13-4-3-5-14(21)12-13/h1-7,12,15H,8-11H2,(H,22,24). The number of hydrogen-bond acceptors (Lipinski definition) is 2. The van der Waals surface area contributed by atoms with Crippen LogP contribution in [-0.2, 0) is 0 Å². The van der Waals surface area contributed by atoms with Crippen molar-refractivity contribution in [3.63, 3.8) is 0 Å². The molecular formula is C19H18ClFN2O2. The van der Waals surface area contributed by atoms with Crippen molar-refractivity contribution in [1.82, 2.24) is 10.2 Å². The van der Waals surface area contributed by atoms with E-state index in [-0.39, 0.29) is 17.9 Å². The van der Waals surface area contributed by atoms with Gasteiger partial charge < -0.3 is 10.2 Å². The molecular weight excluding hydrogens is 343 g/mol. The highest BCUT2D eigenvalue weighted by Crippen LogP contribution is 2.20. The third-order valence-electron chi connectivity index (χ3n) is 4.31. The van der Waals surface area contributed by atoms with Gasteiger partial charge in [0.05, 0.1) is 10.6 Å². The molecule has 1 heterocycles. The van der Waals surface area contributed by atoms with Gasteiger partial charge in [-0.3, -0.25) is 9.59 Å². The van der Waals surface area contributed by atoms with Crippen LogP contribution >= 0.6 is 11.6 Å². The van der Waals surface area contributed by atoms with E-state index in [1.807, 2.05) is 0 Å². The minimum atomic E-state index is -0.437. The topological polar surface area (TPSA) is 49.4 Å². The van der Waals surface area contributed by atoms with E-state index in [0.29, 0.717) is 42.1 Å². The maximum atomic E-state index is 13.2. The summed E-state index contributed by atoms with van der Waals surface area (Å²) in [5, 5.41) is 3.34. The third-order valence-corrected chi connectivity index (χ3v) is 4.64. The van der Waals surface area contributed by atoms with Gasteiger partial charge >= 0.3 is 0 Å². The molecule has 6 heteroatoms. The largest absolute Gasteiger partial charge is 0.349 e. The molecule has 0 saturated carbocycles. The average Bonchev–Trinajstić information content (AvgIpc) is 2.62. The highest BCUT2D eigenvalue weighted by atomic mass is 35.5. The van der Waals surface area contributed by atoms with Crippen molar-refractivity contribution in [3.8, 4) is 0 Å². The number of piperidine rings is 1. The van der Waals surface area contributed by atoms with Gasteiger partial charge in [-0.2, -0.15) is 0 Å². The molecule has 1 N–H and O–H groups in total. The fourth-order valence-electron chi connectivity index (χ4n) is 2.93. The van der Waals surface area contributed by atoms with Gasteiger partial charge in [-0.15, -0.1) is 0 Å². The van der Waals surface area contributed by atoms with Crippen molar-refractivity contribution in [2.45, 2.75) is 18.9 Å². The Morgan fingerprint density at radius 1 is 1.08 bits per heavy atom. The first-order valence-corrected chi connectivity index (χ1v) is 8.52. The second-order valence-electron chi connectivity index (χ2n) is 6.03. The van der Waals surface area contributed by atoms with Gasteiger partial charge in [0.1, 0.15) is 5.82 Å². The number of hydrogen-bond donors (Lipinski definition) is 1. The first-order chi connectivity index (χ1) is 12.0. The molecule has 0 aliphatic carbocycles. The van der Waals surface area contributed by atoms with Gasteiger partial charge in [-0.25, -0.2) is 4.39 Å². The fourth-order valence-corrected chi connectivity index (χ4v) is 3.15. The van der Waals surface area contributed by atoms with Gasteiger partial charge in [-0.05, 0) is 43.2 Å².